The minimum atomic E-state index is -0.157. The monoisotopic (exact) mass is 296 g/mol. The van der Waals surface area contributed by atoms with Crippen molar-refractivity contribution >= 4 is 34.8 Å². The third-order valence-electron chi connectivity index (χ3n) is 3.05. The molecule has 0 aliphatic heterocycles. The lowest BCUT2D eigenvalue weighted by molar-refractivity contribution is 0.0770. The third kappa shape index (κ3) is 3.34. The van der Waals surface area contributed by atoms with Crippen molar-refractivity contribution in [3.63, 3.8) is 0 Å². The van der Waals surface area contributed by atoms with E-state index in [0.29, 0.717) is 23.7 Å². The zero-order valence-electron chi connectivity index (χ0n) is 10.3. The number of terminal acetylenes is 1. The Balaban J connectivity index is 2.23. The summed E-state index contributed by atoms with van der Waals surface area (Å²) in [6.07, 6.45) is 7.61. The number of halogens is 2. The molecule has 1 aliphatic rings. The lowest BCUT2D eigenvalue weighted by Gasteiger charge is -2.20. The molecule has 3 nitrogen and oxygen atoms in total. The Morgan fingerprint density at radius 3 is 2.68 bits per heavy atom. The topological polar surface area (TPSA) is 46.3 Å². The van der Waals surface area contributed by atoms with Crippen LogP contribution in [0.4, 0.5) is 5.69 Å². The second-order valence-electron chi connectivity index (χ2n) is 4.69. The van der Waals surface area contributed by atoms with Gasteiger partial charge in [0.05, 0.1) is 22.3 Å². The van der Waals surface area contributed by atoms with E-state index in [4.69, 9.17) is 35.4 Å². The van der Waals surface area contributed by atoms with Crippen molar-refractivity contribution in [3.8, 4) is 12.3 Å². The third-order valence-corrected chi connectivity index (χ3v) is 3.86. The van der Waals surface area contributed by atoms with Crippen molar-refractivity contribution in [3.05, 3.63) is 27.7 Å². The number of rotatable bonds is 4. The molecule has 0 bridgehead atoms. The summed E-state index contributed by atoms with van der Waals surface area (Å²) in [5, 5.41) is 0.543. The molecule has 2 rings (SSSR count). The molecular weight excluding hydrogens is 283 g/mol. The second-order valence-corrected chi connectivity index (χ2v) is 5.48. The van der Waals surface area contributed by atoms with Gasteiger partial charge in [-0.1, -0.05) is 29.1 Å². The molecule has 0 radical (unpaired) electrons. The van der Waals surface area contributed by atoms with Crippen LogP contribution in [0, 0.1) is 18.3 Å². The Kier molecular flexibility index (Phi) is 4.24. The van der Waals surface area contributed by atoms with Gasteiger partial charge in [0.15, 0.2) is 0 Å². The number of nitrogens with zero attached hydrogens (tertiary/aromatic N) is 1. The first-order valence-corrected chi connectivity index (χ1v) is 6.75. The molecule has 5 heteroatoms. The van der Waals surface area contributed by atoms with Crippen LogP contribution in [0.15, 0.2) is 12.1 Å². The predicted octanol–water partition coefficient (Wildman–Crippen LogP) is 3.06. The summed E-state index contributed by atoms with van der Waals surface area (Å²) in [5.41, 5.74) is 6.43. The van der Waals surface area contributed by atoms with Crippen molar-refractivity contribution < 1.29 is 4.79 Å². The van der Waals surface area contributed by atoms with E-state index in [2.05, 4.69) is 5.92 Å². The van der Waals surface area contributed by atoms with E-state index in [1.54, 1.807) is 4.90 Å². The van der Waals surface area contributed by atoms with Gasteiger partial charge in [-0.25, -0.2) is 0 Å². The zero-order chi connectivity index (χ0) is 14.0. The molecule has 0 unspecified atom stereocenters. The van der Waals surface area contributed by atoms with Gasteiger partial charge in [-0.2, -0.15) is 0 Å². The summed E-state index contributed by atoms with van der Waals surface area (Å²) < 4.78 is 0. The molecule has 0 saturated heterocycles. The van der Waals surface area contributed by atoms with Gasteiger partial charge in [-0.05, 0) is 30.9 Å². The molecule has 19 heavy (non-hydrogen) atoms. The smallest absolute Gasteiger partial charge is 0.254 e. The maximum absolute atomic E-state index is 12.4. The van der Waals surface area contributed by atoms with E-state index in [1.165, 1.54) is 12.1 Å². The maximum atomic E-state index is 12.4. The molecule has 1 fully saturated rings. The molecule has 0 spiro atoms. The minimum Gasteiger partial charge on any atom is -0.397 e. The number of carbonyl (C=O) groups excluding carboxylic acids is 1. The van der Waals surface area contributed by atoms with Gasteiger partial charge >= 0.3 is 0 Å². The quantitative estimate of drug-likeness (QED) is 0.686. The predicted molar refractivity (Wildman–Crippen MR) is 78.3 cm³/mol. The number of carbonyl (C=O) groups is 1. The summed E-state index contributed by atoms with van der Waals surface area (Å²) in [4.78, 5) is 14.0. The molecule has 1 aliphatic carbocycles. The molecular formula is C14H14Cl2N2O. The van der Waals surface area contributed by atoms with Crippen LogP contribution in [0.1, 0.15) is 23.2 Å². The van der Waals surface area contributed by atoms with Crippen LogP contribution in [0.3, 0.4) is 0 Å². The summed E-state index contributed by atoms with van der Waals surface area (Å²) >= 11 is 11.8. The highest BCUT2D eigenvalue weighted by Crippen LogP contribution is 2.32. The molecule has 1 saturated carbocycles. The lowest BCUT2D eigenvalue weighted by Crippen LogP contribution is -2.33. The Bertz CT molecular complexity index is 524. The molecule has 1 aromatic carbocycles. The SMILES string of the molecule is C#CCN(CC1CC1)C(=O)c1cc(N)c(Cl)c(Cl)c1. The van der Waals surface area contributed by atoms with Crippen LogP contribution in [0.5, 0.6) is 0 Å². The summed E-state index contributed by atoms with van der Waals surface area (Å²) in [5.74, 6) is 2.92. The van der Waals surface area contributed by atoms with Crippen molar-refractivity contribution in [1.82, 2.24) is 4.90 Å². The number of benzene rings is 1. The molecule has 1 aromatic rings. The van der Waals surface area contributed by atoms with Crippen LogP contribution < -0.4 is 5.73 Å². The highest BCUT2D eigenvalue weighted by Gasteiger charge is 2.27. The van der Waals surface area contributed by atoms with Crippen molar-refractivity contribution in [1.29, 1.82) is 0 Å². The van der Waals surface area contributed by atoms with Gasteiger partial charge in [0, 0.05) is 12.1 Å². The van der Waals surface area contributed by atoms with E-state index in [9.17, 15) is 4.79 Å². The van der Waals surface area contributed by atoms with Crippen LogP contribution in [-0.2, 0) is 0 Å². The molecule has 2 N–H and O–H groups in total. The van der Waals surface area contributed by atoms with Gasteiger partial charge in [0.2, 0.25) is 0 Å². The maximum Gasteiger partial charge on any atom is 0.254 e. The van der Waals surface area contributed by atoms with E-state index in [-0.39, 0.29) is 22.5 Å². The second kappa shape index (κ2) is 5.73. The summed E-state index contributed by atoms with van der Waals surface area (Å²) in [6, 6.07) is 3.06. The molecule has 1 amide bonds. The van der Waals surface area contributed by atoms with Gasteiger partial charge in [0.1, 0.15) is 0 Å². The Hall–Kier alpha value is -1.37. The van der Waals surface area contributed by atoms with Crippen molar-refractivity contribution in [2.45, 2.75) is 12.8 Å². The van der Waals surface area contributed by atoms with Crippen LogP contribution >= 0.6 is 23.2 Å². The minimum absolute atomic E-state index is 0.157. The first-order valence-electron chi connectivity index (χ1n) is 6.00. The van der Waals surface area contributed by atoms with Gasteiger partial charge < -0.3 is 10.6 Å². The van der Waals surface area contributed by atoms with Crippen molar-refractivity contribution in [2.75, 3.05) is 18.8 Å². The number of amides is 1. The summed E-state index contributed by atoms with van der Waals surface area (Å²) in [6.45, 7) is 0.971. The number of anilines is 1. The van der Waals surface area contributed by atoms with Crippen LogP contribution in [0.25, 0.3) is 0 Å². The van der Waals surface area contributed by atoms with Crippen molar-refractivity contribution in [2.24, 2.45) is 5.92 Å². The number of nitrogen functional groups attached to an aromatic ring is 1. The fraction of sp³-hybridized carbons (Fsp3) is 0.357. The fourth-order valence-electron chi connectivity index (χ4n) is 1.86. The fourth-order valence-corrected chi connectivity index (χ4v) is 2.19. The first kappa shape index (κ1) is 14.0. The molecule has 0 heterocycles. The van der Waals surface area contributed by atoms with Gasteiger partial charge in [0.25, 0.3) is 5.91 Å². The zero-order valence-corrected chi connectivity index (χ0v) is 11.8. The van der Waals surface area contributed by atoms with Gasteiger partial charge in [-0.15, -0.1) is 6.42 Å². The standard InChI is InChI=1S/C14H14Cl2N2O/c1-2-5-18(8-9-3-4-9)14(19)10-6-11(15)13(16)12(17)7-10/h1,6-7,9H,3-5,8,17H2. The number of hydrogen-bond acceptors (Lipinski definition) is 2. The lowest BCUT2D eigenvalue weighted by atomic mass is 10.1. The summed E-state index contributed by atoms with van der Waals surface area (Å²) in [7, 11) is 0. The Labute approximate surface area is 122 Å². The number of nitrogens with two attached hydrogens (primary N) is 1. The normalized spacial score (nSPS) is 13.9. The van der Waals surface area contributed by atoms with E-state index < -0.39 is 0 Å². The highest BCUT2D eigenvalue weighted by molar-refractivity contribution is 6.43. The molecule has 0 atom stereocenters. The number of hydrogen-bond donors (Lipinski definition) is 1. The molecule has 100 valence electrons. The van der Waals surface area contributed by atoms with E-state index in [1.807, 2.05) is 0 Å². The highest BCUT2D eigenvalue weighted by atomic mass is 35.5. The largest absolute Gasteiger partial charge is 0.397 e. The average Bonchev–Trinajstić information content (AvgIpc) is 3.18. The Morgan fingerprint density at radius 1 is 1.47 bits per heavy atom. The molecule has 0 aromatic heterocycles. The van der Waals surface area contributed by atoms with Crippen LogP contribution in [-0.4, -0.2) is 23.9 Å². The van der Waals surface area contributed by atoms with E-state index in [0.717, 1.165) is 12.8 Å². The van der Waals surface area contributed by atoms with E-state index >= 15 is 0 Å². The Morgan fingerprint density at radius 2 is 2.16 bits per heavy atom. The average molecular weight is 297 g/mol. The van der Waals surface area contributed by atoms with Gasteiger partial charge in [-0.3, -0.25) is 4.79 Å². The van der Waals surface area contributed by atoms with Crippen LogP contribution in [0.2, 0.25) is 10.0 Å². The first-order chi connectivity index (χ1) is 9.02.